The molecule has 1 aliphatic heterocycles. The molecule has 1 aliphatic carbocycles. The average molecular weight is 519 g/mol. The number of hydrogen-bond acceptors (Lipinski definition) is 5. The standard InChI is InChI=1S/C22H24BrFN4O2.C3H8/c1-3-14-8-16(23)6-7-18(14)26-21-17(22(29)27-30-11-13-4-5-13)9-15-10-28(2)12-25-20(15)19(21)24;1-3-2/h6-9,12-13,26H,3-5,10-11H2,1-2H3,(H,27,29);3H2,1-2H3. The summed E-state index contributed by atoms with van der Waals surface area (Å²) in [5.41, 5.74) is 5.41. The van der Waals surface area contributed by atoms with Gasteiger partial charge in [-0.1, -0.05) is 43.1 Å². The summed E-state index contributed by atoms with van der Waals surface area (Å²) in [6.07, 6.45) is 5.82. The Morgan fingerprint density at radius 3 is 2.67 bits per heavy atom. The molecule has 1 amide bonds. The van der Waals surface area contributed by atoms with Gasteiger partial charge in [0, 0.05) is 29.3 Å². The molecule has 6 nitrogen and oxygen atoms in total. The summed E-state index contributed by atoms with van der Waals surface area (Å²) >= 11 is 3.47. The van der Waals surface area contributed by atoms with Gasteiger partial charge in [-0.3, -0.25) is 9.63 Å². The Morgan fingerprint density at radius 2 is 2.00 bits per heavy atom. The van der Waals surface area contributed by atoms with Gasteiger partial charge in [-0.2, -0.15) is 0 Å². The lowest BCUT2D eigenvalue weighted by Gasteiger charge is -2.23. The number of benzene rings is 2. The number of nitrogens with one attached hydrogen (secondary N) is 2. The molecule has 2 N–H and O–H groups in total. The molecule has 178 valence electrons. The number of hydroxylamine groups is 1. The number of amides is 1. The van der Waals surface area contributed by atoms with E-state index < -0.39 is 11.7 Å². The maximum absolute atomic E-state index is 15.5. The van der Waals surface area contributed by atoms with Gasteiger partial charge in [0.25, 0.3) is 5.91 Å². The first-order valence-electron chi connectivity index (χ1n) is 11.4. The molecule has 0 bridgehead atoms. The first-order valence-corrected chi connectivity index (χ1v) is 12.2. The lowest BCUT2D eigenvalue weighted by atomic mass is 10.0. The van der Waals surface area contributed by atoms with Crippen molar-refractivity contribution in [1.82, 2.24) is 10.4 Å². The number of aryl methyl sites for hydroxylation is 1. The van der Waals surface area contributed by atoms with Crippen LogP contribution in [-0.2, 0) is 17.8 Å². The minimum Gasteiger partial charge on any atom is -0.361 e. The molecule has 0 unspecified atom stereocenters. The van der Waals surface area contributed by atoms with E-state index in [0.717, 1.165) is 35.0 Å². The zero-order valence-electron chi connectivity index (χ0n) is 19.7. The van der Waals surface area contributed by atoms with Crippen LogP contribution < -0.4 is 10.8 Å². The highest BCUT2D eigenvalue weighted by Crippen LogP contribution is 2.37. The number of aliphatic imine (C=N–C) groups is 1. The number of carbonyl (C=O) groups is 1. The van der Waals surface area contributed by atoms with E-state index in [1.165, 1.54) is 6.42 Å². The predicted molar refractivity (Wildman–Crippen MR) is 135 cm³/mol. The monoisotopic (exact) mass is 518 g/mol. The molecule has 2 aliphatic rings. The minimum absolute atomic E-state index is 0.0972. The van der Waals surface area contributed by atoms with Gasteiger partial charge in [-0.25, -0.2) is 14.9 Å². The third-order valence-electron chi connectivity index (χ3n) is 5.26. The lowest BCUT2D eigenvalue weighted by molar-refractivity contribution is 0.0270. The Morgan fingerprint density at radius 1 is 1.27 bits per heavy atom. The summed E-state index contributed by atoms with van der Waals surface area (Å²) in [4.78, 5) is 24.3. The molecule has 0 spiro atoms. The molecule has 0 aromatic heterocycles. The van der Waals surface area contributed by atoms with Crippen molar-refractivity contribution in [2.75, 3.05) is 19.0 Å². The fourth-order valence-corrected chi connectivity index (χ4v) is 3.80. The molecule has 2 aromatic rings. The molecule has 0 radical (unpaired) electrons. The minimum atomic E-state index is -0.547. The van der Waals surface area contributed by atoms with Crippen molar-refractivity contribution < 1.29 is 14.0 Å². The van der Waals surface area contributed by atoms with Crippen LogP contribution in [0, 0.1) is 11.7 Å². The number of halogens is 2. The van der Waals surface area contributed by atoms with Crippen LogP contribution in [0.15, 0.2) is 33.7 Å². The summed E-state index contributed by atoms with van der Waals surface area (Å²) in [6.45, 7) is 7.22. The third kappa shape index (κ3) is 6.54. The molecule has 1 fully saturated rings. The number of rotatable bonds is 7. The highest BCUT2D eigenvalue weighted by atomic mass is 79.9. The van der Waals surface area contributed by atoms with Gasteiger partial charge in [0.15, 0.2) is 5.82 Å². The highest BCUT2D eigenvalue weighted by molar-refractivity contribution is 9.10. The van der Waals surface area contributed by atoms with Crippen LogP contribution in [0.4, 0.5) is 21.5 Å². The Hall–Kier alpha value is -2.45. The second-order valence-corrected chi connectivity index (χ2v) is 9.37. The molecule has 0 atom stereocenters. The maximum atomic E-state index is 15.5. The average Bonchev–Trinajstić information content (AvgIpc) is 3.61. The molecule has 33 heavy (non-hydrogen) atoms. The van der Waals surface area contributed by atoms with Crippen LogP contribution in [0.5, 0.6) is 0 Å². The SMILES string of the molecule is CCC.CCc1cc(Br)ccc1Nc1c(C(=O)NOCC2CC2)cc2c(c1F)N=CN(C)C2. The summed E-state index contributed by atoms with van der Waals surface area (Å²) < 4.78 is 16.5. The van der Waals surface area contributed by atoms with Crippen molar-refractivity contribution in [3.8, 4) is 0 Å². The fraction of sp³-hybridized carbons (Fsp3) is 0.440. The number of anilines is 2. The van der Waals surface area contributed by atoms with Crippen molar-refractivity contribution in [1.29, 1.82) is 0 Å². The second kappa shape index (κ2) is 11.6. The Bertz CT molecular complexity index is 1020. The Kier molecular flexibility index (Phi) is 8.86. The van der Waals surface area contributed by atoms with Crippen molar-refractivity contribution >= 4 is 45.2 Å². The maximum Gasteiger partial charge on any atom is 0.277 e. The van der Waals surface area contributed by atoms with E-state index in [-0.39, 0.29) is 16.9 Å². The second-order valence-electron chi connectivity index (χ2n) is 8.45. The normalized spacial score (nSPS) is 14.3. The number of fused-ring (bicyclic) bond motifs is 1. The van der Waals surface area contributed by atoms with Crippen LogP contribution in [0.25, 0.3) is 0 Å². The molecule has 1 saturated carbocycles. The van der Waals surface area contributed by atoms with Gasteiger partial charge in [0.1, 0.15) is 5.69 Å². The van der Waals surface area contributed by atoms with Gasteiger partial charge < -0.3 is 10.2 Å². The largest absolute Gasteiger partial charge is 0.361 e. The van der Waals surface area contributed by atoms with E-state index in [4.69, 9.17) is 4.84 Å². The van der Waals surface area contributed by atoms with E-state index in [1.54, 1.807) is 12.4 Å². The summed E-state index contributed by atoms with van der Waals surface area (Å²) in [7, 11) is 1.85. The number of nitrogens with zero attached hydrogens (tertiary/aromatic N) is 2. The van der Waals surface area contributed by atoms with Gasteiger partial charge in [-0.15, -0.1) is 0 Å². The number of hydrogen-bond donors (Lipinski definition) is 2. The number of carbonyl (C=O) groups excluding carboxylic acids is 1. The molecule has 8 heteroatoms. The molecule has 0 saturated heterocycles. The summed E-state index contributed by atoms with van der Waals surface area (Å²) in [5.74, 6) is -0.526. The zero-order chi connectivity index (χ0) is 24.0. The Balaban J connectivity index is 0.000000968. The van der Waals surface area contributed by atoms with Crippen LogP contribution in [-0.4, -0.2) is 30.8 Å². The van der Waals surface area contributed by atoms with Gasteiger partial charge in [-0.05, 0) is 55.0 Å². The van der Waals surface area contributed by atoms with Gasteiger partial charge in [0.05, 0.1) is 24.2 Å². The quantitative estimate of drug-likeness (QED) is 0.411. The molecule has 2 aromatic carbocycles. The van der Waals surface area contributed by atoms with E-state index in [9.17, 15) is 4.79 Å². The third-order valence-corrected chi connectivity index (χ3v) is 5.75. The van der Waals surface area contributed by atoms with Gasteiger partial charge in [0.2, 0.25) is 0 Å². The van der Waals surface area contributed by atoms with Crippen LogP contribution >= 0.6 is 15.9 Å². The highest BCUT2D eigenvalue weighted by Gasteiger charge is 2.26. The molecular weight excluding hydrogens is 487 g/mol. The van der Waals surface area contributed by atoms with Crippen molar-refractivity contribution in [2.24, 2.45) is 10.9 Å². The first kappa shape index (κ1) is 25.2. The smallest absolute Gasteiger partial charge is 0.277 e. The Labute approximate surface area is 203 Å². The molecule has 1 heterocycles. The van der Waals surface area contributed by atoms with Gasteiger partial charge >= 0.3 is 0 Å². The van der Waals surface area contributed by atoms with E-state index in [1.807, 2.05) is 37.1 Å². The van der Waals surface area contributed by atoms with E-state index in [2.05, 4.69) is 45.6 Å². The van der Waals surface area contributed by atoms with Crippen LogP contribution in [0.2, 0.25) is 0 Å². The topological polar surface area (TPSA) is 66.0 Å². The van der Waals surface area contributed by atoms with Crippen molar-refractivity contribution in [3.05, 3.63) is 51.2 Å². The van der Waals surface area contributed by atoms with Crippen molar-refractivity contribution in [3.63, 3.8) is 0 Å². The predicted octanol–water partition coefficient (Wildman–Crippen LogP) is 6.49. The molecular formula is C25H32BrFN4O2. The van der Waals surface area contributed by atoms with E-state index in [0.29, 0.717) is 24.6 Å². The van der Waals surface area contributed by atoms with Crippen LogP contribution in [0.1, 0.15) is 61.5 Å². The van der Waals surface area contributed by atoms with Crippen LogP contribution in [0.3, 0.4) is 0 Å². The van der Waals surface area contributed by atoms with E-state index >= 15 is 4.39 Å². The summed E-state index contributed by atoms with van der Waals surface area (Å²) in [5, 5.41) is 3.14. The van der Waals surface area contributed by atoms with Crippen molar-refractivity contribution in [2.45, 2.75) is 53.0 Å². The first-order chi connectivity index (χ1) is 15.9. The fourth-order valence-electron chi connectivity index (χ4n) is 3.40. The summed E-state index contributed by atoms with van der Waals surface area (Å²) in [6, 6.07) is 7.41. The lowest BCUT2D eigenvalue weighted by Crippen LogP contribution is -2.27. The molecule has 4 rings (SSSR count). The zero-order valence-corrected chi connectivity index (χ0v) is 21.3.